The second-order valence-corrected chi connectivity index (χ2v) is 10.5. The molecule has 2 amide bonds. The van der Waals surface area contributed by atoms with Gasteiger partial charge in [-0.3, -0.25) is 9.59 Å². The quantitative estimate of drug-likeness (QED) is 0.252. The lowest BCUT2D eigenvalue weighted by Gasteiger charge is -2.34. The van der Waals surface area contributed by atoms with Crippen LogP contribution >= 0.6 is 0 Å². The van der Waals surface area contributed by atoms with Crippen LogP contribution in [0.3, 0.4) is 0 Å². The second kappa shape index (κ2) is 10.9. The Morgan fingerprint density at radius 2 is 1.80 bits per heavy atom. The molecule has 0 bridgehead atoms. The molecule has 41 heavy (non-hydrogen) atoms. The molecule has 2 saturated carbocycles. The Bertz CT molecular complexity index is 1410. The third kappa shape index (κ3) is 6.44. The van der Waals surface area contributed by atoms with E-state index < -0.39 is 91.3 Å². The Labute approximate surface area is 227 Å². The van der Waals surface area contributed by atoms with Gasteiger partial charge in [0.05, 0.1) is 24.1 Å². The van der Waals surface area contributed by atoms with Gasteiger partial charge in [0, 0.05) is 37.7 Å². The fraction of sp³-hybridized carbons (Fsp3) is 0.583. The predicted molar refractivity (Wildman–Crippen MR) is 125 cm³/mol. The second-order valence-electron chi connectivity index (χ2n) is 10.5. The summed E-state index contributed by atoms with van der Waals surface area (Å²) in [6.07, 6.45) is -3.89. The molecule has 2 aliphatic carbocycles. The van der Waals surface area contributed by atoms with Crippen LogP contribution < -0.4 is 10.6 Å². The maximum absolute atomic E-state index is 13.9. The molecular formula is C24H25F6N7O4. The number of halogens is 6. The summed E-state index contributed by atoms with van der Waals surface area (Å²) in [5.74, 6) is -8.35. The molecule has 2 aliphatic rings. The number of aromatic nitrogens is 5. The summed E-state index contributed by atoms with van der Waals surface area (Å²) in [6, 6.07) is 0.375. The lowest BCUT2D eigenvalue weighted by atomic mass is 9.79. The van der Waals surface area contributed by atoms with Crippen LogP contribution in [0.1, 0.15) is 91.1 Å². The first-order valence-electron chi connectivity index (χ1n) is 12.8. The fourth-order valence-corrected chi connectivity index (χ4v) is 5.23. The smallest absolute Gasteiger partial charge is 0.286 e. The van der Waals surface area contributed by atoms with E-state index in [1.54, 1.807) is 0 Å². The Morgan fingerprint density at radius 3 is 2.46 bits per heavy atom. The maximum atomic E-state index is 13.9. The fourth-order valence-electron chi connectivity index (χ4n) is 5.23. The van der Waals surface area contributed by atoms with Gasteiger partial charge in [0.1, 0.15) is 0 Å². The van der Waals surface area contributed by atoms with E-state index in [-0.39, 0.29) is 36.2 Å². The summed E-state index contributed by atoms with van der Waals surface area (Å²) in [6.45, 7) is 0. The molecule has 3 aromatic rings. The summed E-state index contributed by atoms with van der Waals surface area (Å²) in [4.78, 5) is 29.4. The minimum atomic E-state index is -3.15. The van der Waals surface area contributed by atoms with Crippen molar-refractivity contribution in [3.63, 3.8) is 0 Å². The maximum Gasteiger partial charge on any atom is 0.286 e. The Hall–Kier alpha value is -3.76. The molecule has 0 aromatic carbocycles. The highest BCUT2D eigenvalue weighted by atomic mass is 19.3. The van der Waals surface area contributed by atoms with Gasteiger partial charge in [-0.1, -0.05) is 0 Å². The zero-order valence-corrected chi connectivity index (χ0v) is 21.2. The Morgan fingerprint density at radius 1 is 1.10 bits per heavy atom. The first-order valence-corrected chi connectivity index (χ1v) is 12.8. The van der Waals surface area contributed by atoms with Crippen molar-refractivity contribution >= 4 is 17.5 Å². The number of hydrogen-bond donors (Lipinski definition) is 3. The summed E-state index contributed by atoms with van der Waals surface area (Å²) >= 11 is 0. The van der Waals surface area contributed by atoms with Crippen LogP contribution in [0.5, 0.6) is 0 Å². The molecule has 0 unspecified atom stereocenters. The van der Waals surface area contributed by atoms with Gasteiger partial charge in [0.25, 0.3) is 12.3 Å². The van der Waals surface area contributed by atoms with E-state index in [0.29, 0.717) is 0 Å². The van der Waals surface area contributed by atoms with E-state index in [0.717, 1.165) is 0 Å². The zero-order chi connectivity index (χ0) is 29.5. The highest BCUT2D eigenvalue weighted by molar-refractivity contribution is 5.93. The number of alkyl halides is 6. The monoisotopic (exact) mass is 589 g/mol. The molecule has 0 spiro atoms. The van der Waals surface area contributed by atoms with Crippen LogP contribution in [-0.2, 0) is 4.79 Å². The van der Waals surface area contributed by atoms with E-state index in [1.807, 2.05) is 0 Å². The number of rotatable bonds is 9. The molecule has 0 aliphatic heterocycles. The normalized spacial score (nSPS) is 20.5. The minimum absolute atomic E-state index is 0.000932. The third-order valence-electron chi connectivity index (χ3n) is 7.40. The molecular weight excluding hydrogens is 564 g/mol. The van der Waals surface area contributed by atoms with Crippen LogP contribution in [0.25, 0.3) is 5.65 Å². The lowest BCUT2D eigenvalue weighted by molar-refractivity contribution is -0.136. The van der Waals surface area contributed by atoms with Crippen molar-refractivity contribution in [2.75, 3.05) is 0 Å². The molecule has 17 heteroatoms. The van der Waals surface area contributed by atoms with Crippen molar-refractivity contribution < 1.29 is 45.7 Å². The van der Waals surface area contributed by atoms with Crippen molar-refractivity contribution in [3.8, 4) is 0 Å². The average Bonchev–Trinajstić information content (AvgIpc) is 3.53. The van der Waals surface area contributed by atoms with Gasteiger partial charge >= 0.3 is 0 Å². The first kappa shape index (κ1) is 28.8. The van der Waals surface area contributed by atoms with Crippen molar-refractivity contribution in [2.45, 2.75) is 75.5 Å². The molecule has 2 fully saturated rings. The molecule has 5 rings (SSSR count). The van der Waals surface area contributed by atoms with Gasteiger partial charge in [0.15, 0.2) is 17.6 Å². The highest BCUT2D eigenvalue weighted by Gasteiger charge is 2.46. The van der Waals surface area contributed by atoms with E-state index in [2.05, 4.69) is 35.7 Å². The minimum Gasteiger partial charge on any atom is -0.369 e. The van der Waals surface area contributed by atoms with E-state index in [4.69, 9.17) is 0 Å². The van der Waals surface area contributed by atoms with E-state index >= 15 is 0 Å². The number of nitrogens with zero attached hydrogens (tertiary/aromatic N) is 5. The number of hydrogen-bond acceptors (Lipinski definition) is 8. The molecule has 3 aromatic heterocycles. The van der Waals surface area contributed by atoms with Crippen LogP contribution in [0.15, 0.2) is 23.1 Å². The zero-order valence-electron chi connectivity index (χ0n) is 21.2. The SMILES string of the molecule is O=C(CC1CC(F)(F)C1)N[C@H](O)c1cnn2cc([C@@H](NC(=O)c3nonc3C(F)F)C3CCC(F)(F)CC3)nc2c1. The summed E-state index contributed by atoms with van der Waals surface area (Å²) in [7, 11) is 0. The molecule has 222 valence electrons. The number of aliphatic hydroxyl groups is 1. The van der Waals surface area contributed by atoms with Crippen LogP contribution in [0, 0.1) is 11.8 Å². The molecule has 3 heterocycles. The third-order valence-corrected chi connectivity index (χ3v) is 7.40. The van der Waals surface area contributed by atoms with Gasteiger partial charge in [-0.25, -0.2) is 40.5 Å². The number of carbonyl (C=O) groups excluding carboxylic acids is 2. The average molecular weight is 589 g/mol. The van der Waals surface area contributed by atoms with Crippen LogP contribution in [-0.4, -0.2) is 53.7 Å². The molecule has 0 radical (unpaired) electrons. The van der Waals surface area contributed by atoms with Gasteiger partial charge < -0.3 is 15.7 Å². The van der Waals surface area contributed by atoms with E-state index in [9.17, 15) is 41.0 Å². The van der Waals surface area contributed by atoms with E-state index in [1.165, 1.54) is 23.0 Å². The number of nitrogens with one attached hydrogen (secondary N) is 2. The summed E-state index contributed by atoms with van der Waals surface area (Å²) in [5, 5.41) is 25.7. The van der Waals surface area contributed by atoms with Gasteiger partial charge in [-0.2, -0.15) is 5.10 Å². The number of aliphatic hydroxyl groups excluding tert-OH is 1. The van der Waals surface area contributed by atoms with Crippen LogP contribution in [0.4, 0.5) is 26.3 Å². The van der Waals surface area contributed by atoms with Crippen LogP contribution in [0.2, 0.25) is 0 Å². The number of imidazole rings is 1. The highest BCUT2D eigenvalue weighted by Crippen LogP contribution is 2.44. The number of amides is 2. The standard InChI is InChI=1S/C24H25F6N7O4/c25-20(26)18-19(36-41-35-18)22(40)34-17(12-1-3-23(27,28)4-2-12)14-10-37-15(32-14)6-13(9-31-37)21(39)33-16(38)5-11-7-24(29,30)8-11/h6,9-12,17,20-21,39H,1-5,7-8H2,(H,33,38)(H,34,40)/t17-,21+/m0/s1. The summed E-state index contributed by atoms with van der Waals surface area (Å²) < 4.78 is 85.8. The number of carbonyl (C=O) groups is 2. The molecule has 11 nitrogen and oxygen atoms in total. The largest absolute Gasteiger partial charge is 0.369 e. The van der Waals surface area contributed by atoms with Crippen molar-refractivity contribution in [3.05, 3.63) is 41.1 Å². The first-order chi connectivity index (χ1) is 19.3. The topological polar surface area (TPSA) is 148 Å². The molecule has 3 N–H and O–H groups in total. The molecule has 2 atom stereocenters. The number of fused-ring (bicyclic) bond motifs is 1. The Balaban J connectivity index is 1.34. The van der Waals surface area contributed by atoms with Gasteiger partial charge in [0.2, 0.25) is 23.4 Å². The predicted octanol–water partition coefficient (Wildman–Crippen LogP) is 3.89. The summed E-state index contributed by atoms with van der Waals surface area (Å²) in [5.41, 5.74) is -1.27. The van der Waals surface area contributed by atoms with Gasteiger partial charge in [-0.15, -0.1) is 0 Å². The van der Waals surface area contributed by atoms with Crippen molar-refractivity contribution in [1.82, 2.24) is 35.5 Å². The Kier molecular flexibility index (Phi) is 7.65. The van der Waals surface area contributed by atoms with Gasteiger partial charge in [-0.05, 0) is 41.1 Å². The van der Waals surface area contributed by atoms with Crippen molar-refractivity contribution in [2.24, 2.45) is 11.8 Å². The lowest BCUT2D eigenvalue weighted by Crippen LogP contribution is -2.39. The van der Waals surface area contributed by atoms with Crippen molar-refractivity contribution in [1.29, 1.82) is 0 Å². The molecule has 0 saturated heterocycles.